The number of likely N-dealkylation sites (tertiary alicyclic amines) is 1. The van der Waals surface area contributed by atoms with Crippen LogP contribution in [0.4, 0.5) is 0 Å². The molecule has 1 fully saturated rings. The van der Waals surface area contributed by atoms with Gasteiger partial charge in [0.2, 0.25) is 0 Å². The lowest BCUT2D eigenvalue weighted by Crippen LogP contribution is -2.29. The van der Waals surface area contributed by atoms with Crippen molar-refractivity contribution in [3.05, 3.63) is 47.8 Å². The van der Waals surface area contributed by atoms with E-state index >= 15 is 0 Å². The van der Waals surface area contributed by atoms with Crippen LogP contribution in [-0.4, -0.2) is 27.8 Å². The monoisotopic (exact) mass is 266 g/mol. The summed E-state index contributed by atoms with van der Waals surface area (Å²) in [5.41, 5.74) is 2.78. The number of hydrogen-bond acceptors (Lipinski definition) is 3. The van der Waals surface area contributed by atoms with E-state index < -0.39 is 0 Å². The molecule has 0 aliphatic carbocycles. The Balaban J connectivity index is 1.70. The lowest BCUT2D eigenvalue weighted by atomic mass is 10.1. The molecule has 0 radical (unpaired) electrons. The van der Waals surface area contributed by atoms with Crippen molar-refractivity contribution in [2.75, 3.05) is 13.1 Å². The maximum atomic E-state index is 8.81. The van der Waals surface area contributed by atoms with Crippen LogP contribution in [0.5, 0.6) is 0 Å². The van der Waals surface area contributed by atoms with Crippen LogP contribution in [0.15, 0.2) is 36.5 Å². The molecule has 3 rings (SSSR count). The number of nitriles is 1. The van der Waals surface area contributed by atoms with E-state index in [4.69, 9.17) is 5.26 Å². The first-order chi connectivity index (χ1) is 9.85. The molecule has 0 bridgehead atoms. The van der Waals surface area contributed by atoms with Crippen molar-refractivity contribution in [1.29, 1.82) is 5.26 Å². The number of aromatic nitrogens is 2. The molecule has 1 aliphatic rings. The lowest BCUT2D eigenvalue weighted by Gasteiger charge is -2.25. The summed E-state index contributed by atoms with van der Waals surface area (Å²) in [7, 11) is 0. The Morgan fingerprint density at radius 2 is 1.80 bits per heavy atom. The van der Waals surface area contributed by atoms with E-state index in [1.54, 1.807) is 0 Å². The molecular weight excluding hydrogens is 248 g/mol. The van der Waals surface area contributed by atoms with Gasteiger partial charge in [0.1, 0.15) is 0 Å². The van der Waals surface area contributed by atoms with E-state index in [0.717, 1.165) is 17.9 Å². The van der Waals surface area contributed by atoms with Crippen LogP contribution in [0, 0.1) is 11.3 Å². The standard InChI is InChI=1S/C16H18N4/c17-12-14-4-6-16(7-5-14)20-11-8-15(18-20)13-19-9-2-1-3-10-19/h4-8,11H,1-3,9-10,13H2. The predicted molar refractivity (Wildman–Crippen MR) is 77.4 cm³/mol. The highest BCUT2D eigenvalue weighted by Gasteiger charge is 2.12. The molecule has 20 heavy (non-hydrogen) atoms. The average Bonchev–Trinajstić information content (AvgIpc) is 2.97. The van der Waals surface area contributed by atoms with Crippen molar-refractivity contribution in [1.82, 2.24) is 14.7 Å². The van der Waals surface area contributed by atoms with E-state index in [0.29, 0.717) is 5.56 Å². The Morgan fingerprint density at radius 3 is 2.50 bits per heavy atom. The van der Waals surface area contributed by atoms with Crippen LogP contribution in [-0.2, 0) is 6.54 Å². The summed E-state index contributed by atoms with van der Waals surface area (Å²) < 4.78 is 1.88. The third-order valence-corrected chi connectivity index (χ3v) is 3.74. The highest BCUT2D eigenvalue weighted by molar-refractivity contribution is 5.38. The summed E-state index contributed by atoms with van der Waals surface area (Å²) in [5, 5.41) is 13.4. The number of rotatable bonds is 3. The first kappa shape index (κ1) is 12.9. The van der Waals surface area contributed by atoms with Gasteiger partial charge in [-0.15, -0.1) is 0 Å². The zero-order chi connectivity index (χ0) is 13.8. The van der Waals surface area contributed by atoms with Crippen molar-refractivity contribution in [2.24, 2.45) is 0 Å². The second-order valence-corrected chi connectivity index (χ2v) is 5.25. The Bertz CT molecular complexity index is 600. The molecule has 0 unspecified atom stereocenters. The van der Waals surface area contributed by atoms with Crippen LogP contribution < -0.4 is 0 Å². The Labute approximate surface area is 119 Å². The molecular formula is C16H18N4. The molecule has 0 spiro atoms. The molecule has 0 saturated carbocycles. The smallest absolute Gasteiger partial charge is 0.0991 e. The van der Waals surface area contributed by atoms with Gasteiger partial charge >= 0.3 is 0 Å². The van der Waals surface area contributed by atoms with Gasteiger partial charge in [0.15, 0.2) is 0 Å². The summed E-state index contributed by atoms with van der Waals surface area (Å²) >= 11 is 0. The van der Waals surface area contributed by atoms with Gasteiger partial charge < -0.3 is 0 Å². The summed E-state index contributed by atoms with van der Waals surface area (Å²) in [6.07, 6.45) is 5.95. The molecule has 0 atom stereocenters. The average molecular weight is 266 g/mol. The van der Waals surface area contributed by atoms with Gasteiger partial charge in [-0.2, -0.15) is 10.4 Å². The molecule has 1 aromatic carbocycles. The summed E-state index contributed by atoms with van der Waals surface area (Å²) in [5.74, 6) is 0. The zero-order valence-electron chi connectivity index (χ0n) is 11.5. The van der Waals surface area contributed by atoms with Gasteiger partial charge in [0, 0.05) is 12.7 Å². The minimum Gasteiger partial charge on any atom is -0.297 e. The molecule has 1 saturated heterocycles. The Morgan fingerprint density at radius 1 is 1.05 bits per heavy atom. The second-order valence-electron chi connectivity index (χ2n) is 5.25. The quantitative estimate of drug-likeness (QED) is 0.858. The maximum Gasteiger partial charge on any atom is 0.0991 e. The Kier molecular flexibility index (Phi) is 3.80. The van der Waals surface area contributed by atoms with Crippen molar-refractivity contribution in [2.45, 2.75) is 25.8 Å². The van der Waals surface area contributed by atoms with E-state index in [-0.39, 0.29) is 0 Å². The fourth-order valence-electron chi connectivity index (χ4n) is 2.63. The van der Waals surface area contributed by atoms with Gasteiger partial charge in [-0.1, -0.05) is 6.42 Å². The Hall–Kier alpha value is -2.12. The van der Waals surface area contributed by atoms with Gasteiger partial charge in [0.25, 0.3) is 0 Å². The zero-order valence-corrected chi connectivity index (χ0v) is 11.5. The molecule has 0 amide bonds. The highest BCUT2D eigenvalue weighted by atomic mass is 15.3. The van der Waals surface area contributed by atoms with E-state index in [1.807, 2.05) is 35.1 Å². The SMILES string of the molecule is N#Cc1ccc(-n2ccc(CN3CCCCC3)n2)cc1. The third-order valence-electron chi connectivity index (χ3n) is 3.74. The highest BCUT2D eigenvalue weighted by Crippen LogP contribution is 2.13. The van der Waals surface area contributed by atoms with Crippen LogP contribution in [0.3, 0.4) is 0 Å². The van der Waals surface area contributed by atoms with Crippen molar-refractivity contribution >= 4 is 0 Å². The van der Waals surface area contributed by atoms with Gasteiger partial charge in [-0.3, -0.25) is 4.90 Å². The molecule has 1 aromatic heterocycles. The summed E-state index contributed by atoms with van der Waals surface area (Å²) in [6, 6.07) is 11.7. The lowest BCUT2D eigenvalue weighted by molar-refractivity contribution is 0.218. The van der Waals surface area contributed by atoms with Crippen molar-refractivity contribution in [3.8, 4) is 11.8 Å². The summed E-state index contributed by atoms with van der Waals surface area (Å²) in [6.45, 7) is 3.30. The number of piperidine rings is 1. The number of benzene rings is 1. The molecule has 2 aromatic rings. The molecule has 1 aliphatic heterocycles. The molecule has 2 heterocycles. The van der Waals surface area contributed by atoms with Gasteiger partial charge in [-0.05, 0) is 56.3 Å². The maximum absolute atomic E-state index is 8.81. The van der Waals surface area contributed by atoms with Crippen LogP contribution in [0.25, 0.3) is 5.69 Å². The topological polar surface area (TPSA) is 44.9 Å². The molecule has 102 valence electrons. The fraction of sp³-hybridized carbons (Fsp3) is 0.375. The van der Waals surface area contributed by atoms with E-state index in [2.05, 4.69) is 22.1 Å². The van der Waals surface area contributed by atoms with Crippen LogP contribution in [0.2, 0.25) is 0 Å². The van der Waals surface area contributed by atoms with Crippen molar-refractivity contribution in [3.63, 3.8) is 0 Å². The first-order valence-corrected chi connectivity index (χ1v) is 7.12. The van der Waals surface area contributed by atoms with Crippen LogP contribution >= 0.6 is 0 Å². The fourth-order valence-corrected chi connectivity index (χ4v) is 2.63. The minimum absolute atomic E-state index is 0.675. The van der Waals surface area contributed by atoms with E-state index in [1.165, 1.54) is 32.4 Å². The van der Waals surface area contributed by atoms with Gasteiger partial charge in [-0.25, -0.2) is 4.68 Å². The number of nitrogens with zero attached hydrogens (tertiary/aromatic N) is 4. The molecule has 4 nitrogen and oxygen atoms in total. The largest absolute Gasteiger partial charge is 0.297 e. The first-order valence-electron chi connectivity index (χ1n) is 7.12. The second kappa shape index (κ2) is 5.89. The predicted octanol–water partition coefficient (Wildman–Crippen LogP) is 2.73. The van der Waals surface area contributed by atoms with Gasteiger partial charge in [0.05, 0.1) is 23.0 Å². The third kappa shape index (κ3) is 2.89. The van der Waals surface area contributed by atoms with Crippen LogP contribution in [0.1, 0.15) is 30.5 Å². The minimum atomic E-state index is 0.675. The van der Waals surface area contributed by atoms with E-state index in [9.17, 15) is 0 Å². The molecule has 0 N–H and O–H groups in total. The van der Waals surface area contributed by atoms with Crippen molar-refractivity contribution < 1.29 is 0 Å². The molecule has 4 heteroatoms. The number of hydrogen-bond donors (Lipinski definition) is 0. The summed E-state index contributed by atoms with van der Waals surface area (Å²) in [4.78, 5) is 2.47. The normalized spacial score (nSPS) is 15.9.